The molecule has 0 aliphatic heterocycles. The topological polar surface area (TPSA) is 31.4 Å². The Hall–Kier alpha value is -1.90. The van der Waals surface area contributed by atoms with Gasteiger partial charge in [0.25, 0.3) is 0 Å². The summed E-state index contributed by atoms with van der Waals surface area (Å²) in [5.41, 5.74) is 6.06. The molecule has 0 N–H and O–H groups in total. The molecule has 0 bridgehead atoms. The second-order valence-electron chi connectivity index (χ2n) is 7.83. The molecule has 1 aromatic heterocycles. The number of hydrogen-bond donors (Lipinski definition) is 0. The minimum atomic E-state index is -1.98. The summed E-state index contributed by atoms with van der Waals surface area (Å²) in [6.07, 6.45) is 1.25. The van der Waals surface area contributed by atoms with Crippen molar-refractivity contribution in [1.29, 1.82) is 0 Å². The number of ether oxygens (including phenoxy) is 2. The van der Waals surface area contributed by atoms with Crippen LogP contribution in [-0.2, 0) is 4.74 Å². The summed E-state index contributed by atoms with van der Waals surface area (Å²) in [6.45, 7) is 13.6. The van der Waals surface area contributed by atoms with Crippen molar-refractivity contribution in [2.45, 2.75) is 58.2 Å². The molecule has 0 radical (unpaired) electrons. The van der Waals surface area contributed by atoms with Crippen LogP contribution in [0.1, 0.15) is 47.1 Å². The zero-order valence-electron chi connectivity index (χ0n) is 17.4. The highest BCUT2D eigenvalue weighted by molar-refractivity contribution is 6.90. The molecule has 0 amide bonds. The fourth-order valence-electron chi connectivity index (χ4n) is 4.16. The lowest BCUT2D eigenvalue weighted by molar-refractivity contribution is 0.0522. The number of nitrogens with zero attached hydrogens (tertiary/aromatic N) is 1. The summed E-state index contributed by atoms with van der Waals surface area (Å²) in [7, 11) is -0.423. The number of pyridine rings is 1. The van der Waals surface area contributed by atoms with Gasteiger partial charge in [0.05, 0.1) is 22.7 Å². The van der Waals surface area contributed by atoms with E-state index in [4.69, 9.17) is 9.47 Å². The zero-order valence-corrected chi connectivity index (χ0v) is 18.4. The third-order valence-electron chi connectivity index (χ3n) is 5.41. The number of aromatic nitrogens is 1. The van der Waals surface area contributed by atoms with Crippen molar-refractivity contribution in [3.8, 4) is 17.2 Å². The van der Waals surface area contributed by atoms with E-state index in [1.807, 2.05) is 12.1 Å². The summed E-state index contributed by atoms with van der Waals surface area (Å²) in [4.78, 5) is 4.21. The lowest BCUT2D eigenvalue weighted by atomic mass is 10.1. The van der Waals surface area contributed by atoms with E-state index in [1.54, 1.807) is 13.2 Å². The summed E-state index contributed by atoms with van der Waals surface area (Å²) < 4.78 is 25.4. The molecular formula is C22H30FNO2Si. The van der Waals surface area contributed by atoms with Gasteiger partial charge in [0.1, 0.15) is 13.8 Å². The molecule has 27 heavy (non-hydrogen) atoms. The molecule has 0 atom stereocenters. The van der Waals surface area contributed by atoms with Gasteiger partial charge >= 0.3 is 0 Å². The summed E-state index contributed by atoms with van der Waals surface area (Å²) in [5.74, 6) is 3.36. The first-order valence-electron chi connectivity index (χ1n) is 9.47. The average Bonchev–Trinajstić information content (AvgIpc) is 2.60. The molecule has 0 unspecified atom stereocenters. The number of hydrogen-bond acceptors (Lipinski definition) is 3. The third-order valence-corrected chi connectivity index (χ3v) is 11.7. The van der Waals surface area contributed by atoms with E-state index in [-0.39, 0.29) is 6.79 Å². The van der Waals surface area contributed by atoms with Crippen LogP contribution in [0.3, 0.4) is 0 Å². The Kier molecular flexibility index (Phi) is 7.02. The van der Waals surface area contributed by atoms with E-state index in [2.05, 4.69) is 58.0 Å². The highest BCUT2D eigenvalue weighted by Crippen LogP contribution is 2.41. The largest absolute Gasteiger partial charge is 0.467 e. The van der Waals surface area contributed by atoms with Crippen LogP contribution in [0.25, 0.3) is 10.9 Å². The van der Waals surface area contributed by atoms with Gasteiger partial charge in [-0.3, -0.25) is 4.98 Å². The Labute approximate surface area is 163 Å². The first-order valence-corrected chi connectivity index (χ1v) is 11.7. The molecule has 146 valence electrons. The highest BCUT2D eigenvalue weighted by Gasteiger charge is 2.41. The Morgan fingerprint density at radius 1 is 1.07 bits per heavy atom. The van der Waals surface area contributed by atoms with E-state index in [1.165, 1.54) is 6.20 Å². The first-order chi connectivity index (χ1) is 12.8. The molecule has 1 heterocycles. The van der Waals surface area contributed by atoms with Crippen molar-refractivity contribution in [3.05, 3.63) is 35.8 Å². The maximum absolute atomic E-state index is 14.8. The minimum Gasteiger partial charge on any atom is -0.467 e. The van der Waals surface area contributed by atoms with Crippen LogP contribution in [0.5, 0.6) is 5.75 Å². The van der Waals surface area contributed by atoms with Crippen LogP contribution in [-0.4, -0.2) is 27.0 Å². The van der Waals surface area contributed by atoms with E-state index in [0.29, 0.717) is 38.8 Å². The Morgan fingerprint density at radius 3 is 2.26 bits per heavy atom. The van der Waals surface area contributed by atoms with Gasteiger partial charge in [-0.05, 0) is 28.8 Å². The van der Waals surface area contributed by atoms with Crippen molar-refractivity contribution in [3.63, 3.8) is 0 Å². The predicted molar refractivity (Wildman–Crippen MR) is 112 cm³/mol. The number of rotatable bonds is 6. The van der Waals surface area contributed by atoms with E-state index in [9.17, 15) is 4.39 Å². The van der Waals surface area contributed by atoms with Gasteiger partial charge in [0.2, 0.25) is 0 Å². The van der Waals surface area contributed by atoms with E-state index in [0.717, 1.165) is 0 Å². The van der Waals surface area contributed by atoms with Crippen LogP contribution in [0, 0.1) is 17.3 Å². The first kappa shape index (κ1) is 21.4. The second kappa shape index (κ2) is 8.86. The fraction of sp³-hybridized carbons (Fsp3) is 0.500. The average molecular weight is 388 g/mol. The SMILES string of the molecule is COCOc1cccc2ncc(F)c(C#C[Si](C(C)C)(C(C)C)C(C)C)c12. The molecule has 2 aromatic rings. The number of benzene rings is 1. The van der Waals surface area contributed by atoms with Crippen molar-refractivity contribution < 1.29 is 13.9 Å². The summed E-state index contributed by atoms with van der Waals surface area (Å²) in [5, 5.41) is 0.612. The molecule has 3 nitrogen and oxygen atoms in total. The van der Waals surface area contributed by atoms with Crippen LogP contribution in [0.15, 0.2) is 24.4 Å². The molecule has 0 spiro atoms. The van der Waals surface area contributed by atoms with Crippen LogP contribution in [0.2, 0.25) is 16.6 Å². The Balaban J connectivity index is 2.72. The summed E-state index contributed by atoms with van der Waals surface area (Å²) in [6, 6.07) is 5.48. The van der Waals surface area contributed by atoms with Gasteiger partial charge in [0.15, 0.2) is 12.6 Å². The molecule has 2 rings (SSSR count). The molecular weight excluding hydrogens is 357 g/mol. The van der Waals surface area contributed by atoms with Gasteiger partial charge in [-0.2, -0.15) is 0 Å². The fourth-order valence-corrected chi connectivity index (χ4v) is 9.36. The summed E-state index contributed by atoms with van der Waals surface area (Å²) >= 11 is 0. The highest BCUT2D eigenvalue weighted by atomic mass is 28.3. The molecule has 5 heteroatoms. The quantitative estimate of drug-likeness (QED) is 0.350. The standard InChI is InChI=1S/C22H30FNO2Si/c1-15(2)27(16(3)4,17(5)6)12-11-18-19(23)13-24-20-9-8-10-21(22(18)20)26-14-25-7/h8-10,13,15-17H,14H2,1-7H3. The third kappa shape index (κ3) is 4.17. The van der Waals surface area contributed by atoms with Crippen molar-refractivity contribution >= 4 is 19.0 Å². The maximum atomic E-state index is 14.8. The molecule has 0 fully saturated rings. The Bertz CT molecular complexity index is 831. The molecule has 1 aromatic carbocycles. The Morgan fingerprint density at radius 2 is 1.70 bits per heavy atom. The molecule has 0 aliphatic carbocycles. The van der Waals surface area contributed by atoms with Crippen LogP contribution < -0.4 is 4.74 Å². The number of halogens is 1. The maximum Gasteiger partial charge on any atom is 0.188 e. The van der Waals surface area contributed by atoms with Gasteiger partial charge < -0.3 is 9.47 Å². The van der Waals surface area contributed by atoms with Gasteiger partial charge in [-0.25, -0.2) is 4.39 Å². The minimum absolute atomic E-state index is 0.0885. The normalized spacial score (nSPS) is 12.0. The van der Waals surface area contributed by atoms with E-state index < -0.39 is 13.9 Å². The molecule has 0 saturated carbocycles. The van der Waals surface area contributed by atoms with Gasteiger partial charge in [-0.15, -0.1) is 5.54 Å². The van der Waals surface area contributed by atoms with E-state index >= 15 is 0 Å². The zero-order chi connectivity index (χ0) is 20.2. The van der Waals surface area contributed by atoms with Crippen molar-refractivity contribution in [1.82, 2.24) is 4.98 Å². The molecule has 0 aliphatic rings. The second-order valence-corrected chi connectivity index (χ2v) is 13.4. The smallest absolute Gasteiger partial charge is 0.188 e. The monoisotopic (exact) mass is 387 g/mol. The van der Waals surface area contributed by atoms with Crippen LogP contribution >= 0.6 is 0 Å². The van der Waals surface area contributed by atoms with Gasteiger partial charge in [0, 0.05) is 7.11 Å². The lowest BCUT2D eigenvalue weighted by Gasteiger charge is -2.38. The van der Waals surface area contributed by atoms with Gasteiger partial charge in [-0.1, -0.05) is 53.5 Å². The number of methoxy groups -OCH3 is 1. The number of fused-ring (bicyclic) bond motifs is 1. The predicted octanol–water partition coefficient (Wildman–Crippen LogP) is 5.93. The van der Waals surface area contributed by atoms with Crippen molar-refractivity contribution in [2.75, 3.05) is 13.9 Å². The van der Waals surface area contributed by atoms with Crippen LogP contribution in [0.4, 0.5) is 4.39 Å². The lowest BCUT2D eigenvalue weighted by Crippen LogP contribution is -2.43. The molecule has 0 saturated heterocycles. The van der Waals surface area contributed by atoms with Crippen molar-refractivity contribution in [2.24, 2.45) is 0 Å².